The molecule has 1 heterocycles. The van der Waals surface area contributed by atoms with Crippen molar-refractivity contribution in [1.82, 2.24) is 9.78 Å². The van der Waals surface area contributed by atoms with Crippen LogP contribution in [0.4, 0.5) is 5.82 Å². The van der Waals surface area contributed by atoms with Gasteiger partial charge in [0.2, 0.25) is 0 Å². The summed E-state index contributed by atoms with van der Waals surface area (Å²) in [5.41, 5.74) is 6.03. The molecule has 0 bridgehead atoms. The largest absolute Gasteiger partial charge is 0.382 e. The highest BCUT2D eigenvalue weighted by Crippen LogP contribution is 2.47. The molecule has 0 spiro atoms. The summed E-state index contributed by atoms with van der Waals surface area (Å²) in [5, 5.41) is 4.19. The van der Waals surface area contributed by atoms with Crippen LogP contribution in [-0.4, -0.2) is 9.78 Å². The van der Waals surface area contributed by atoms with E-state index in [-0.39, 0.29) is 0 Å². The van der Waals surface area contributed by atoms with E-state index < -0.39 is 0 Å². The zero-order valence-electron chi connectivity index (χ0n) is 9.03. The van der Waals surface area contributed by atoms with Gasteiger partial charge in [0.05, 0.1) is 0 Å². The van der Waals surface area contributed by atoms with Crippen molar-refractivity contribution in [2.75, 3.05) is 5.73 Å². The second-order valence-corrected chi connectivity index (χ2v) is 5.02. The molecule has 1 aliphatic carbocycles. The first-order valence-corrected chi connectivity index (χ1v) is 5.37. The molecule has 1 aromatic heterocycles. The number of anilines is 1. The number of aromatic nitrogens is 2. The number of hydrogen-bond donors (Lipinski definition) is 1. The van der Waals surface area contributed by atoms with Gasteiger partial charge in [-0.25, -0.2) is 0 Å². The highest BCUT2D eigenvalue weighted by molar-refractivity contribution is 5.23. The van der Waals surface area contributed by atoms with Crippen LogP contribution in [0.2, 0.25) is 0 Å². The van der Waals surface area contributed by atoms with Crippen molar-refractivity contribution in [1.29, 1.82) is 0 Å². The summed E-state index contributed by atoms with van der Waals surface area (Å²) in [7, 11) is 0. The molecule has 3 heteroatoms. The molecule has 1 aliphatic rings. The predicted octanol–water partition coefficient (Wildman–Crippen LogP) is 2.29. The van der Waals surface area contributed by atoms with E-state index in [1.807, 2.05) is 16.9 Å². The van der Waals surface area contributed by atoms with Crippen LogP contribution in [0.15, 0.2) is 12.3 Å². The highest BCUT2D eigenvalue weighted by atomic mass is 15.3. The fourth-order valence-corrected chi connectivity index (χ4v) is 1.97. The van der Waals surface area contributed by atoms with Crippen LogP contribution in [0.1, 0.15) is 33.1 Å². The van der Waals surface area contributed by atoms with Gasteiger partial charge in [-0.2, -0.15) is 5.10 Å². The van der Waals surface area contributed by atoms with Crippen molar-refractivity contribution in [3.63, 3.8) is 0 Å². The lowest BCUT2D eigenvalue weighted by Crippen LogP contribution is -2.17. The smallest absolute Gasteiger partial charge is 0.145 e. The molecule has 1 saturated carbocycles. The molecule has 0 saturated heterocycles. The zero-order chi connectivity index (χ0) is 10.2. The first-order chi connectivity index (χ1) is 6.58. The number of aryl methyl sites for hydroxylation is 1. The summed E-state index contributed by atoms with van der Waals surface area (Å²) in [6, 6.07) is 1.85. The van der Waals surface area contributed by atoms with Gasteiger partial charge in [-0.05, 0) is 36.7 Å². The van der Waals surface area contributed by atoms with Crippen molar-refractivity contribution in [2.24, 2.45) is 11.3 Å². The van der Waals surface area contributed by atoms with Crippen molar-refractivity contribution in [2.45, 2.75) is 39.7 Å². The molecule has 0 aromatic carbocycles. The summed E-state index contributed by atoms with van der Waals surface area (Å²) in [5.74, 6) is 1.56. The Morgan fingerprint density at radius 1 is 1.57 bits per heavy atom. The summed E-state index contributed by atoms with van der Waals surface area (Å²) >= 11 is 0. The molecule has 0 aliphatic heterocycles. The monoisotopic (exact) mass is 193 g/mol. The van der Waals surface area contributed by atoms with E-state index in [0.29, 0.717) is 11.2 Å². The summed E-state index contributed by atoms with van der Waals surface area (Å²) in [6.45, 7) is 5.70. The van der Waals surface area contributed by atoms with E-state index in [4.69, 9.17) is 5.73 Å². The third-order valence-corrected chi connectivity index (χ3v) is 3.33. The summed E-state index contributed by atoms with van der Waals surface area (Å²) < 4.78 is 1.94. The molecule has 2 rings (SSSR count). The Kier molecular flexibility index (Phi) is 2.25. The number of nitrogens with two attached hydrogens (primary N) is 1. The third kappa shape index (κ3) is 2.08. The topological polar surface area (TPSA) is 43.8 Å². The lowest BCUT2D eigenvalue weighted by atomic mass is 9.84. The maximum Gasteiger partial charge on any atom is 0.145 e. The Labute approximate surface area is 85.3 Å². The Morgan fingerprint density at radius 3 is 2.79 bits per heavy atom. The molecule has 0 radical (unpaired) electrons. The SMILES string of the molecule is CC(C)(CCn1ccc(N)n1)C1CC1. The van der Waals surface area contributed by atoms with Gasteiger partial charge in [0.1, 0.15) is 5.82 Å². The second kappa shape index (κ2) is 3.30. The third-order valence-electron chi connectivity index (χ3n) is 3.33. The quantitative estimate of drug-likeness (QED) is 0.797. The number of nitrogen functional groups attached to an aromatic ring is 1. The van der Waals surface area contributed by atoms with Gasteiger partial charge in [0, 0.05) is 12.7 Å². The second-order valence-electron chi connectivity index (χ2n) is 5.02. The van der Waals surface area contributed by atoms with Gasteiger partial charge < -0.3 is 5.73 Å². The Bertz CT molecular complexity index is 310. The van der Waals surface area contributed by atoms with Gasteiger partial charge in [0.15, 0.2) is 0 Å². The normalized spacial score (nSPS) is 17.3. The van der Waals surface area contributed by atoms with E-state index in [9.17, 15) is 0 Å². The fraction of sp³-hybridized carbons (Fsp3) is 0.727. The Hall–Kier alpha value is -0.990. The standard InChI is InChI=1S/C11H19N3/c1-11(2,9-3-4-9)6-8-14-7-5-10(12)13-14/h5,7,9H,3-4,6,8H2,1-2H3,(H2,12,13). The van der Waals surface area contributed by atoms with Gasteiger partial charge in [-0.15, -0.1) is 0 Å². The maximum absolute atomic E-state index is 5.56. The first kappa shape index (κ1) is 9.56. The number of hydrogen-bond acceptors (Lipinski definition) is 2. The first-order valence-electron chi connectivity index (χ1n) is 5.37. The number of nitrogens with zero attached hydrogens (tertiary/aromatic N) is 2. The van der Waals surface area contributed by atoms with Crippen molar-refractivity contribution in [3.05, 3.63) is 12.3 Å². The minimum atomic E-state index is 0.473. The van der Waals surface area contributed by atoms with Crippen molar-refractivity contribution >= 4 is 5.82 Å². The predicted molar refractivity (Wildman–Crippen MR) is 57.8 cm³/mol. The average molecular weight is 193 g/mol. The van der Waals surface area contributed by atoms with Gasteiger partial charge in [-0.1, -0.05) is 13.8 Å². The average Bonchev–Trinajstić information content (AvgIpc) is 2.89. The van der Waals surface area contributed by atoms with Crippen molar-refractivity contribution < 1.29 is 0 Å². The molecule has 14 heavy (non-hydrogen) atoms. The lowest BCUT2D eigenvalue weighted by molar-refractivity contribution is 0.262. The number of rotatable bonds is 4. The van der Waals surface area contributed by atoms with E-state index in [0.717, 1.165) is 12.5 Å². The van der Waals surface area contributed by atoms with E-state index >= 15 is 0 Å². The van der Waals surface area contributed by atoms with Crippen molar-refractivity contribution in [3.8, 4) is 0 Å². The Balaban J connectivity index is 1.87. The molecular weight excluding hydrogens is 174 g/mol. The van der Waals surface area contributed by atoms with Crippen LogP contribution in [0.25, 0.3) is 0 Å². The molecule has 0 amide bonds. The minimum Gasteiger partial charge on any atom is -0.382 e. The molecule has 0 atom stereocenters. The van der Waals surface area contributed by atoms with E-state index in [1.54, 1.807) is 0 Å². The van der Waals surface area contributed by atoms with Crippen LogP contribution in [-0.2, 0) is 6.54 Å². The van der Waals surface area contributed by atoms with Crippen LogP contribution < -0.4 is 5.73 Å². The van der Waals surface area contributed by atoms with E-state index in [1.165, 1.54) is 19.3 Å². The van der Waals surface area contributed by atoms with Gasteiger partial charge in [0.25, 0.3) is 0 Å². The van der Waals surface area contributed by atoms with Crippen LogP contribution in [0, 0.1) is 11.3 Å². The molecule has 1 aromatic rings. The summed E-state index contributed by atoms with van der Waals surface area (Å²) in [6.07, 6.45) is 5.97. The maximum atomic E-state index is 5.56. The lowest BCUT2D eigenvalue weighted by Gasteiger charge is -2.23. The minimum absolute atomic E-state index is 0.473. The zero-order valence-corrected chi connectivity index (χ0v) is 9.03. The summed E-state index contributed by atoms with van der Waals surface area (Å²) in [4.78, 5) is 0. The fourth-order valence-electron chi connectivity index (χ4n) is 1.97. The molecule has 3 nitrogen and oxygen atoms in total. The molecular formula is C11H19N3. The molecule has 78 valence electrons. The van der Waals surface area contributed by atoms with Gasteiger partial charge >= 0.3 is 0 Å². The Morgan fingerprint density at radius 2 is 2.29 bits per heavy atom. The molecule has 0 unspecified atom stereocenters. The molecule has 1 fully saturated rings. The van der Waals surface area contributed by atoms with Crippen LogP contribution >= 0.6 is 0 Å². The van der Waals surface area contributed by atoms with E-state index in [2.05, 4.69) is 18.9 Å². The van der Waals surface area contributed by atoms with Crippen LogP contribution in [0.5, 0.6) is 0 Å². The molecule has 2 N–H and O–H groups in total. The van der Waals surface area contributed by atoms with Crippen LogP contribution in [0.3, 0.4) is 0 Å². The highest BCUT2D eigenvalue weighted by Gasteiger charge is 2.37. The van der Waals surface area contributed by atoms with Gasteiger partial charge in [-0.3, -0.25) is 4.68 Å².